The Labute approximate surface area is 180 Å². The third-order valence-corrected chi connectivity index (χ3v) is 5.70. The van der Waals surface area contributed by atoms with Crippen molar-refractivity contribution in [2.75, 3.05) is 12.4 Å². The van der Waals surface area contributed by atoms with E-state index in [1.165, 1.54) is 0 Å². The van der Waals surface area contributed by atoms with E-state index in [1.807, 2.05) is 33.6 Å². The van der Waals surface area contributed by atoms with Crippen LogP contribution >= 0.6 is 0 Å². The summed E-state index contributed by atoms with van der Waals surface area (Å²) >= 11 is 0. The van der Waals surface area contributed by atoms with Gasteiger partial charge in [0.1, 0.15) is 5.52 Å². The highest BCUT2D eigenvalue weighted by Gasteiger charge is 2.24. The Kier molecular flexibility index (Phi) is 5.19. The first-order chi connectivity index (χ1) is 15.1. The highest BCUT2D eigenvalue weighted by molar-refractivity contribution is 5.84. The summed E-state index contributed by atoms with van der Waals surface area (Å²) < 4.78 is 15.3. The van der Waals surface area contributed by atoms with Crippen molar-refractivity contribution >= 4 is 17.2 Å². The Bertz CT molecular complexity index is 1190. The van der Waals surface area contributed by atoms with Gasteiger partial charge in [-0.1, -0.05) is 0 Å². The quantitative estimate of drug-likeness (QED) is 0.509. The zero-order valence-corrected chi connectivity index (χ0v) is 18.0. The third-order valence-electron chi connectivity index (χ3n) is 5.70. The Balaban J connectivity index is 1.39. The maximum Gasteiger partial charge on any atom is 0.244 e. The summed E-state index contributed by atoms with van der Waals surface area (Å²) in [5, 5.41) is 8.18. The second-order valence-corrected chi connectivity index (χ2v) is 8.25. The molecule has 31 heavy (non-hydrogen) atoms. The van der Waals surface area contributed by atoms with Gasteiger partial charge >= 0.3 is 0 Å². The van der Waals surface area contributed by atoms with Crippen LogP contribution in [0.2, 0.25) is 0 Å². The average Bonchev–Trinajstić information content (AvgIpc) is 3.40. The van der Waals surface area contributed by atoms with Gasteiger partial charge in [-0.2, -0.15) is 4.98 Å². The van der Waals surface area contributed by atoms with E-state index in [1.54, 1.807) is 19.5 Å². The zero-order chi connectivity index (χ0) is 21.4. The summed E-state index contributed by atoms with van der Waals surface area (Å²) in [5.41, 5.74) is 2.71. The molecule has 0 aromatic carbocycles. The maximum atomic E-state index is 5.96. The number of nitrogens with zero attached hydrogens (tertiary/aromatic N) is 6. The minimum atomic E-state index is 0.275. The second-order valence-electron chi connectivity index (χ2n) is 8.25. The van der Waals surface area contributed by atoms with E-state index in [0.717, 1.165) is 42.3 Å². The zero-order valence-electron chi connectivity index (χ0n) is 18.0. The predicted molar refractivity (Wildman–Crippen MR) is 117 cm³/mol. The summed E-state index contributed by atoms with van der Waals surface area (Å²) in [6.07, 6.45) is 14.1. The predicted octanol–water partition coefficient (Wildman–Crippen LogP) is 3.60. The van der Waals surface area contributed by atoms with E-state index in [2.05, 4.69) is 39.2 Å². The lowest BCUT2D eigenvalue weighted by molar-refractivity contribution is -0.0133. The molecule has 0 atom stereocenters. The third kappa shape index (κ3) is 3.93. The molecule has 1 aliphatic carbocycles. The molecule has 0 aliphatic heterocycles. The van der Waals surface area contributed by atoms with Gasteiger partial charge in [-0.15, -0.1) is 5.10 Å². The monoisotopic (exact) mass is 421 g/mol. The number of rotatable bonds is 6. The minimum Gasteiger partial charge on any atom is -0.479 e. The number of ether oxygens (including phenoxy) is 2. The van der Waals surface area contributed by atoms with Gasteiger partial charge in [-0.05, 0) is 45.6 Å². The molecular formula is C22H27N7O2. The van der Waals surface area contributed by atoms with Crippen LogP contribution in [-0.2, 0) is 4.74 Å². The van der Waals surface area contributed by atoms with Gasteiger partial charge in [0.2, 0.25) is 17.6 Å². The van der Waals surface area contributed by atoms with E-state index in [-0.39, 0.29) is 6.10 Å². The first-order valence-electron chi connectivity index (χ1n) is 10.7. The molecule has 0 unspecified atom stereocenters. The fourth-order valence-electron chi connectivity index (χ4n) is 4.29. The van der Waals surface area contributed by atoms with Crippen LogP contribution in [0.3, 0.4) is 0 Å². The van der Waals surface area contributed by atoms with Crippen LogP contribution in [0.1, 0.15) is 39.5 Å². The molecule has 4 aromatic heterocycles. The van der Waals surface area contributed by atoms with Crippen molar-refractivity contribution in [1.82, 2.24) is 29.0 Å². The number of hydrogen-bond acceptors (Lipinski definition) is 7. The lowest BCUT2D eigenvalue weighted by atomic mass is 9.93. The Morgan fingerprint density at radius 3 is 2.74 bits per heavy atom. The van der Waals surface area contributed by atoms with Crippen LogP contribution in [0, 0.1) is 0 Å². The van der Waals surface area contributed by atoms with Crippen molar-refractivity contribution in [2.45, 2.75) is 57.8 Å². The van der Waals surface area contributed by atoms with Gasteiger partial charge in [0.15, 0.2) is 0 Å². The van der Waals surface area contributed by atoms with Crippen molar-refractivity contribution in [1.29, 1.82) is 0 Å². The molecule has 1 N–H and O–H groups in total. The molecule has 9 nitrogen and oxygen atoms in total. The molecule has 1 saturated carbocycles. The minimum absolute atomic E-state index is 0.275. The van der Waals surface area contributed by atoms with Crippen LogP contribution < -0.4 is 10.1 Å². The molecule has 1 aliphatic rings. The highest BCUT2D eigenvalue weighted by atomic mass is 16.5. The van der Waals surface area contributed by atoms with E-state index in [4.69, 9.17) is 9.47 Å². The number of nitrogens with one attached hydrogen (secondary N) is 1. The van der Waals surface area contributed by atoms with Gasteiger partial charge in [0, 0.05) is 48.2 Å². The smallest absolute Gasteiger partial charge is 0.244 e. The number of aromatic nitrogens is 6. The standard InChI is InChI=1S/C22H27N7O2/c1-14(2)31-17-6-4-16(5-7-17)25-21-26-20(30-3)19-18(8-10-29(19)27-21)15-12-24-22-23-9-11-28(22)13-15/h8-14,16-17H,4-7H2,1-3H3,(H,25,27)/t16-,17+. The number of hydrogen-bond donors (Lipinski definition) is 1. The summed E-state index contributed by atoms with van der Waals surface area (Å²) in [4.78, 5) is 13.3. The molecule has 4 aromatic rings. The normalized spacial score (nSPS) is 19.4. The van der Waals surface area contributed by atoms with E-state index in [9.17, 15) is 0 Å². The molecule has 0 radical (unpaired) electrons. The van der Waals surface area contributed by atoms with Gasteiger partial charge in [-0.3, -0.25) is 4.40 Å². The summed E-state index contributed by atoms with van der Waals surface area (Å²) in [7, 11) is 1.63. The first-order valence-corrected chi connectivity index (χ1v) is 10.7. The largest absolute Gasteiger partial charge is 0.479 e. The highest BCUT2D eigenvalue weighted by Crippen LogP contribution is 2.32. The van der Waals surface area contributed by atoms with Gasteiger partial charge < -0.3 is 14.8 Å². The molecule has 0 bridgehead atoms. The topological polar surface area (TPSA) is 90.9 Å². The number of imidazole rings is 1. The first kappa shape index (κ1) is 19.7. The molecule has 4 heterocycles. The van der Waals surface area contributed by atoms with Gasteiger partial charge in [0.25, 0.3) is 0 Å². The molecule has 5 rings (SSSR count). The molecule has 0 spiro atoms. The van der Waals surface area contributed by atoms with Crippen LogP contribution in [0.15, 0.2) is 37.1 Å². The van der Waals surface area contributed by atoms with Crippen molar-refractivity contribution in [2.24, 2.45) is 0 Å². The van der Waals surface area contributed by atoms with Crippen LogP contribution in [0.4, 0.5) is 5.95 Å². The summed E-state index contributed by atoms with van der Waals surface area (Å²) in [5.74, 6) is 1.76. The Hall–Kier alpha value is -3.20. The molecular weight excluding hydrogens is 394 g/mol. The number of anilines is 1. The summed E-state index contributed by atoms with van der Waals surface area (Å²) in [6.45, 7) is 4.18. The second kappa shape index (κ2) is 8.14. The molecule has 0 saturated heterocycles. The van der Waals surface area contributed by atoms with Crippen molar-refractivity contribution in [3.05, 3.63) is 37.1 Å². The van der Waals surface area contributed by atoms with E-state index < -0.39 is 0 Å². The average molecular weight is 422 g/mol. The van der Waals surface area contributed by atoms with Crippen LogP contribution in [0.5, 0.6) is 5.88 Å². The molecule has 9 heteroatoms. The van der Waals surface area contributed by atoms with Crippen molar-refractivity contribution < 1.29 is 9.47 Å². The lowest BCUT2D eigenvalue weighted by Gasteiger charge is -2.30. The van der Waals surface area contributed by atoms with Gasteiger partial charge in [0.05, 0.1) is 19.3 Å². The molecule has 1 fully saturated rings. The SMILES string of the molecule is COc1nc(N[C@H]2CC[C@@H](OC(C)C)CC2)nn2ccc(-c3cnc4nccn4c3)c12. The fourth-order valence-corrected chi connectivity index (χ4v) is 4.29. The van der Waals surface area contributed by atoms with Crippen LogP contribution in [0.25, 0.3) is 22.4 Å². The van der Waals surface area contributed by atoms with E-state index >= 15 is 0 Å². The Morgan fingerprint density at radius 1 is 1.13 bits per heavy atom. The fraction of sp³-hybridized carbons (Fsp3) is 0.455. The van der Waals surface area contributed by atoms with Crippen molar-refractivity contribution in [3.63, 3.8) is 0 Å². The Morgan fingerprint density at radius 2 is 1.97 bits per heavy atom. The number of methoxy groups -OCH3 is 1. The molecule has 162 valence electrons. The molecule has 0 amide bonds. The van der Waals surface area contributed by atoms with Crippen molar-refractivity contribution in [3.8, 4) is 17.0 Å². The number of fused-ring (bicyclic) bond motifs is 2. The van der Waals surface area contributed by atoms with E-state index in [0.29, 0.717) is 29.8 Å². The van der Waals surface area contributed by atoms with Crippen LogP contribution in [-0.4, -0.2) is 54.3 Å². The maximum absolute atomic E-state index is 5.96. The lowest BCUT2D eigenvalue weighted by Crippen LogP contribution is -2.31. The van der Waals surface area contributed by atoms with Gasteiger partial charge in [-0.25, -0.2) is 14.5 Å². The summed E-state index contributed by atoms with van der Waals surface area (Å²) in [6, 6.07) is 2.34.